The normalized spacial score (nSPS) is 20.9. The lowest BCUT2D eigenvalue weighted by atomic mass is 10.1. The van der Waals surface area contributed by atoms with Gasteiger partial charge in [0.25, 0.3) is 11.8 Å². The summed E-state index contributed by atoms with van der Waals surface area (Å²) in [5, 5.41) is 10.5. The van der Waals surface area contributed by atoms with Crippen molar-refractivity contribution in [2.24, 2.45) is 0 Å². The van der Waals surface area contributed by atoms with E-state index >= 15 is 0 Å². The molecule has 4 N–H and O–H groups in total. The molecule has 0 unspecified atom stereocenters. The fourth-order valence-electron chi connectivity index (χ4n) is 4.97. The van der Waals surface area contributed by atoms with Crippen LogP contribution in [-0.2, 0) is 22.7 Å². The van der Waals surface area contributed by atoms with Gasteiger partial charge in [-0.15, -0.1) is 0 Å². The van der Waals surface area contributed by atoms with Gasteiger partial charge in [-0.25, -0.2) is 17.6 Å². The summed E-state index contributed by atoms with van der Waals surface area (Å²) in [4.78, 5) is 26.9. The van der Waals surface area contributed by atoms with Crippen molar-refractivity contribution in [2.45, 2.75) is 49.9 Å². The Hall–Kier alpha value is -3.96. The van der Waals surface area contributed by atoms with Crippen molar-refractivity contribution >= 4 is 28.9 Å². The van der Waals surface area contributed by atoms with Crippen LogP contribution in [0, 0.1) is 0 Å². The zero-order valence-electron chi connectivity index (χ0n) is 22.2. The van der Waals surface area contributed by atoms with Crippen LogP contribution in [-0.4, -0.2) is 48.8 Å². The van der Waals surface area contributed by atoms with Crippen LogP contribution in [0.5, 0.6) is 0 Å². The first-order chi connectivity index (χ1) is 19.6. The van der Waals surface area contributed by atoms with Crippen LogP contribution in [0.25, 0.3) is 0 Å². The van der Waals surface area contributed by atoms with Crippen molar-refractivity contribution in [3.63, 3.8) is 0 Å². The maximum Gasteiger partial charge on any atom is 0.262 e. The Morgan fingerprint density at radius 3 is 1.46 bits per heavy atom. The van der Waals surface area contributed by atoms with Crippen LogP contribution >= 0.6 is 0 Å². The first-order valence-electron chi connectivity index (χ1n) is 13.4. The molecule has 0 aliphatic carbocycles. The summed E-state index contributed by atoms with van der Waals surface area (Å²) in [5.74, 6) is -6.74. The first-order valence-corrected chi connectivity index (χ1v) is 13.4. The van der Waals surface area contributed by atoms with E-state index in [4.69, 9.17) is 0 Å². The number of carbonyl (C=O) groups excluding carboxylic acids is 2. The average Bonchev–Trinajstić information content (AvgIpc) is 3.51. The standard InChI is InChI=1S/C30H31F4N5O2/c31-29(32)14-25(35-18-29)27(40)37-22-10-6-20(7-11-22)16-39(24-4-2-1-3-5-24)17-21-8-12-23(13-9-21)38-28(41)26-15-30(33,34)19-36-26/h1-13,25-26,35-36H,14-19H2,(H,37,40)(H,38,41)/t25-,26-/m0/s1. The molecule has 2 amide bonds. The third-order valence-electron chi connectivity index (χ3n) is 7.16. The van der Waals surface area contributed by atoms with Crippen LogP contribution in [0.15, 0.2) is 78.9 Å². The van der Waals surface area contributed by atoms with Gasteiger partial charge in [-0.3, -0.25) is 20.2 Å². The topological polar surface area (TPSA) is 85.5 Å². The van der Waals surface area contributed by atoms with E-state index in [2.05, 4.69) is 26.2 Å². The van der Waals surface area contributed by atoms with Crippen molar-refractivity contribution in [3.8, 4) is 0 Å². The maximum atomic E-state index is 13.4. The summed E-state index contributed by atoms with van der Waals surface area (Å²) in [6, 6.07) is 22.5. The average molecular weight is 570 g/mol. The molecule has 2 atom stereocenters. The number of alkyl halides is 4. The van der Waals surface area contributed by atoms with E-state index < -0.39 is 61.7 Å². The second kappa shape index (κ2) is 11.9. The second-order valence-electron chi connectivity index (χ2n) is 10.6. The molecule has 216 valence electrons. The maximum absolute atomic E-state index is 13.4. The Morgan fingerprint density at radius 2 is 1.10 bits per heavy atom. The number of para-hydroxylation sites is 1. The van der Waals surface area contributed by atoms with Crippen molar-refractivity contribution in [3.05, 3.63) is 90.0 Å². The van der Waals surface area contributed by atoms with E-state index in [-0.39, 0.29) is 0 Å². The highest BCUT2D eigenvalue weighted by atomic mass is 19.3. The summed E-state index contributed by atoms with van der Waals surface area (Å²) in [7, 11) is 0. The SMILES string of the molecule is O=C(Nc1ccc(CN(Cc2ccc(NC(=O)[C@@H]3CC(F)(F)CN3)cc2)c2ccccc2)cc1)[C@@H]1CC(F)(F)CN1. The highest BCUT2D eigenvalue weighted by Crippen LogP contribution is 2.27. The lowest BCUT2D eigenvalue weighted by Crippen LogP contribution is -2.35. The smallest absolute Gasteiger partial charge is 0.262 e. The van der Waals surface area contributed by atoms with Crippen molar-refractivity contribution in [2.75, 3.05) is 28.6 Å². The molecule has 0 saturated carbocycles. The van der Waals surface area contributed by atoms with Crippen molar-refractivity contribution in [1.82, 2.24) is 10.6 Å². The fourth-order valence-corrected chi connectivity index (χ4v) is 4.97. The molecule has 2 fully saturated rings. The zero-order chi connectivity index (χ0) is 29.0. The van der Waals surface area contributed by atoms with E-state index in [0.29, 0.717) is 24.5 Å². The molecule has 0 spiro atoms. The van der Waals surface area contributed by atoms with Gasteiger partial charge in [0.2, 0.25) is 11.8 Å². The summed E-state index contributed by atoms with van der Waals surface area (Å²) in [6.07, 6.45) is -1.04. The number of amides is 2. The number of nitrogens with zero attached hydrogens (tertiary/aromatic N) is 1. The Labute approximate surface area is 235 Å². The molecule has 0 aromatic heterocycles. The minimum atomic E-state index is -2.88. The summed E-state index contributed by atoms with van der Waals surface area (Å²) >= 11 is 0. The summed E-state index contributed by atoms with van der Waals surface area (Å²) in [5.41, 5.74) is 3.99. The number of carbonyl (C=O) groups is 2. The molecule has 0 radical (unpaired) electrons. The summed E-state index contributed by atoms with van der Waals surface area (Å²) in [6.45, 7) is 0.0929. The van der Waals surface area contributed by atoms with Crippen molar-refractivity contribution in [1.29, 1.82) is 0 Å². The van der Waals surface area contributed by atoms with Gasteiger partial charge >= 0.3 is 0 Å². The van der Waals surface area contributed by atoms with Crippen LogP contribution in [0.4, 0.5) is 34.6 Å². The third-order valence-corrected chi connectivity index (χ3v) is 7.16. The molecule has 3 aromatic carbocycles. The minimum absolute atomic E-state index is 0.488. The Kier molecular flexibility index (Phi) is 8.27. The monoisotopic (exact) mass is 569 g/mol. The predicted molar refractivity (Wildman–Crippen MR) is 149 cm³/mol. The Morgan fingerprint density at radius 1 is 0.683 bits per heavy atom. The predicted octanol–water partition coefficient (Wildman–Crippen LogP) is 4.76. The van der Waals surface area contributed by atoms with E-state index in [0.717, 1.165) is 16.8 Å². The van der Waals surface area contributed by atoms with Gasteiger partial charge in [-0.05, 0) is 47.5 Å². The van der Waals surface area contributed by atoms with Gasteiger partial charge in [0.1, 0.15) is 0 Å². The van der Waals surface area contributed by atoms with Gasteiger partial charge in [-0.1, -0.05) is 42.5 Å². The number of anilines is 3. The molecule has 3 aromatic rings. The van der Waals surface area contributed by atoms with Crippen LogP contribution in [0.1, 0.15) is 24.0 Å². The zero-order valence-corrected chi connectivity index (χ0v) is 22.2. The molecule has 2 heterocycles. The van der Waals surface area contributed by atoms with Gasteiger partial charge in [0, 0.05) is 43.0 Å². The number of rotatable bonds is 9. The molecule has 11 heteroatoms. The second-order valence-corrected chi connectivity index (χ2v) is 10.6. The van der Waals surface area contributed by atoms with Crippen LogP contribution < -0.4 is 26.2 Å². The number of halogens is 4. The first kappa shape index (κ1) is 28.6. The molecular weight excluding hydrogens is 538 g/mol. The van der Waals surface area contributed by atoms with E-state index in [1.807, 2.05) is 54.6 Å². The van der Waals surface area contributed by atoms with Gasteiger partial charge < -0.3 is 15.5 Å². The van der Waals surface area contributed by atoms with E-state index in [1.165, 1.54) is 0 Å². The highest BCUT2D eigenvalue weighted by Gasteiger charge is 2.43. The van der Waals surface area contributed by atoms with E-state index in [1.54, 1.807) is 24.3 Å². The molecule has 2 saturated heterocycles. The van der Waals surface area contributed by atoms with Gasteiger partial charge in [0.15, 0.2) is 0 Å². The van der Waals surface area contributed by atoms with Gasteiger partial charge in [-0.2, -0.15) is 0 Å². The summed E-state index contributed by atoms with van der Waals surface area (Å²) < 4.78 is 53.7. The number of benzene rings is 3. The lowest BCUT2D eigenvalue weighted by Gasteiger charge is -2.25. The quantitative estimate of drug-likeness (QED) is 0.279. The Bertz CT molecular complexity index is 1270. The molecule has 5 rings (SSSR count). The number of hydrogen-bond acceptors (Lipinski definition) is 5. The lowest BCUT2D eigenvalue weighted by molar-refractivity contribution is -0.119. The van der Waals surface area contributed by atoms with E-state index in [9.17, 15) is 27.2 Å². The largest absolute Gasteiger partial charge is 0.363 e. The molecule has 2 aliphatic heterocycles. The van der Waals surface area contributed by atoms with Crippen molar-refractivity contribution < 1.29 is 27.2 Å². The highest BCUT2D eigenvalue weighted by molar-refractivity contribution is 5.95. The molecular formula is C30H31F4N5O2. The minimum Gasteiger partial charge on any atom is -0.363 e. The van der Waals surface area contributed by atoms with Crippen LogP contribution in [0.3, 0.4) is 0 Å². The Balaban J connectivity index is 1.21. The molecule has 41 heavy (non-hydrogen) atoms. The van der Waals surface area contributed by atoms with Gasteiger partial charge in [0.05, 0.1) is 25.2 Å². The molecule has 0 bridgehead atoms. The molecule has 2 aliphatic rings. The fraction of sp³-hybridized carbons (Fsp3) is 0.333. The molecule has 7 nitrogen and oxygen atoms in total. The number of hydrogen-bond donors (Lipinski definition) is 4. The van der Waals surface area contributed by atoms with Crippen LogP contribution in [0.2, 0.25) is 0 Å². The third kappa shape index (κ3) is 7.62. The number of nitrogens with one attached hydrogen (secondary N) is 4.